The normalized spacial score (nSPS) is 15.2. The van der Waals surface area contributed by atoms with E-state index in [1.807, 2.05) is 37.8 Å². The second kappa shape index (κ2) is 7.98. The summed E-state index contributed by atoms with van der Waals surface area (Å²) in [5.74, 6) is 0.274. The third-order valence-electron chi connectivity index (χ3n) is 4.41. The number of phenolic OH excluding ortho intramolecular Hbond substituents is 1. The molecule has 3 N–H and O–H groups in total. The number of hydrogen-bond donors (Lipinski definition) is 2. The fourth-order valence-electron chi connectivity index (χ4n) is 3.14. The van der Waals surface area contributed by atoms with Crippen LogP contribution in [0, 0.1) is 0 Å². The van der Waals surface area contributed by atoms with Crippen LogP contribution in [-0.4, -0.2) is 51.4 Å². The van der Waals surface area contributed by atoms with Gasteiger partial charge in [0.25, 0.3) is 0 Å². The van der Waals surface area contributed by atoms with Crippen LogP contribution in [0.1, 0.15) is 32.8 Å². The zero-order valence-corrected chi connectivity index (χ0v) is 16.5. The van der Waals surface area contributed by atoms with Crippen LogP contribution in [0.4, 0.5) is 5.82 Å². The molecule has 2 heterocycles. The van der Waals surface area contributed by atoms with Gasteiger partial charge in [-0.15, -0.1) is 10.2 Å². The zero-order chi connectivity index (χ0) is 20.3. The van der Waals surface area contributed by atoms with Gasteiger partial charge in [-0.2, -0.15) is 0 Å². The number of carbonyl (C=O) groups is 1. The van der Waals surface area contributed by atoms with E-state index in [1.165, 1.54) is 0 Å². The highest BCUT2D eigenvalue weighted by Crippen LogP contribution is 2.32. The number of nitrogens with zero attached hydrogens (tertiary/aromatic N) is 3. The molecule has 0 radical (unpaired) electrons. The highest BCUT2D eigenvalue weighted by Gasteiger charge is 2.22. The summed E-state index contributed by atoms with van der Waals surface area (Å²) in [4.78, 5) is 14.1. The fourth-order valence-corrected chi connectivity index (χ4v) is 3.14. The number of rotatable bonds is 4. The van der Waals surface area contributed by atoms with Crippen molar-refractivity contribution in [1.29, 1.82) is 0 Å². The van der Waals surface area contributed by atoms with Gasteiger partial charge in [0.05, 0.1) is 12.2 Å². The lowest BCUT2D eigenvalue weighted by Gasteiger charge is -2.27. The molecule has 0 saturated carbocycles. The van der Waals surface area contributed by atoms with E-state index in [2.05, 4.69) is 16.3 Å². The second-order valence-electron chi connectivity index (χ2n) is 7.85. The molecule has 7 heteroatoms. The van der Waals surface area contributed by atoms with E-state index in [0.29, 0.717) is 23.6 Å². The predicted octanol–water partition coefficient (Wildman–Crippen LogP) is 2.86. The maximum Gasteiger partial charge on any atom is 0.320 e. The summed E-state index contributed by atoms with van der Waals surface area (Å²) >= 11 is 0. The lowest BCUT2D eigenvalue weighted by atomic mass is 9.98. The first-order valence-corrected chi connectivity index (χ1v) is 9.28. The van der Waals surface area contributed by atoms with Crippen molar-refractivity contribution in [3.63, 3.8) is 0 Å². The van der Waals surface area contributed by atoms with Crippen LogP contribution in [0.25, 0.3) is 16.8 Å². The predicted molar refractivity (Wildman–Crippen MR) is 108 cm³/mol. The van der Waals surface area contributed by atoms with E-state index in [9.17, 15) is 9.90 Å². The number of benzene rings is 1. The molecule has 1 aliphatic heterocycles. The lowest BCUT2D eigenvalue weighted by molar-refractivity contribution is -0.156. The summed E-state index contributed by atoms with van der Waals surface area (Å²) in [6.45, 7) is 7.19. The number of aromatic hydroxyl groups is 1. The van der Waals surface area contributed by atoms with E-state index in [0.717, 1.165) is 24.1 Å². The number of phenols is 1. The van der Waals surface area contributed by atoms with E-state index >= 15 is 0 Å². The molecule has 0 bridgehead atoms. The summed E-state index contributed by atoms with van der Waals surface area (Å²) in [6, 6.07) is 8.85. The molecule has 1 aliphatic rings. The average Bonchev–Trinajstić information content (AvgIpc) is 2.62. The maximum atomic E-state index is 12.0. The van der Waals surface area contributed by atoms with Crippen LogP contribution in [0.15, 0.2) is 36.4 Å². The minimum absolute atomic E-state index is 0.147. The number of para-hydroxylation sites is 1. The summed E-state index contributed by atoms with van der Waals surface area (Å²) in [5, 5.41) is 18.3. The molecule has 2 aromatic rings. The van der Waals surface area contributed by atoms with E-state index in [-0.39, 0.29) is 18.3 Å². The molecule has 0 spiro atoms. The first-order chi connectivity index (χ1) is 13.2. The Kier molecular flexibility index (Phi) is 5.65. The number of ether oxygens (including phenoxy) is 1. The Morgan fingerprint density at radius 1 is 1.25 bits per heavy atom. The molecule has 28 heavy (non-hydrogen) atoms. The zero-order valence-electron chi connectivity index (χ0n) is 16.5. The summed E-state index contributed by atoms with van der Waals surface area (Å²) < 4.78 is 5.38. The van der Waals surface area contributed by atoms with E-state index in [4.69, 9.17) is 10.5 Å². The van der Waals surface area contributed by atoms with Crippen molar-refractivity contribution < 1.29 is 14.6 Å². The molecular formula is C21H26N4O3. The second-order valence-corrected chi connectivity index (χ2v) is 7.85. The minimum atomic E-state index is -0.482. The summed E-state index contributed by atoms with van der Waals surface area (Å²) in [6.07, 6.45) is 2.79. The highest BCUT2D eigenvalue weighted by atomic mass is 16.6. The SMILES string of the molecule is CC(C)(C)OC(=O)CN1CC=C(c2cc(-c3ccccc3O)nnc2N)CC1. The van der Waals surface area contributed by atoms with Crippen molar-refractivity contribution in [2.24, 2.45) is 0 Å². The first-order valence-electron chi connectivity index (χ1n) is 9.28. The van der Waals surface area contributed by atoms with Gasteiger partial charge >= 0.3 is 5.97 Å². The van der Waals surface area contributed by atoms with Crippen LogP contribution in [0.3, 0.4) is 0 Å². The Bertz CT molecular complexity index is 903. The summed E-state index contributed by atoms with van der Waals surface area (Å²) in [5.41, 5.74) is 8.62. The molecular weight excluding hydrogens is 356 g/mol. The van der Waals surface area contributed by atoms with E-state index < -0.39 is 5.60 Å². The molecule has 148 valence electrons. The minimum Gasteiger partial charge on any atom is -0.507 e. The first kappa shape index (κ1) is 19.8. The van der Waals surface area contributed by atoms with Crippen molar-refractivity contribution in [2.45, 2.75) is 32.8 Å². The van der Waals surface area contributed by atoms with Crippen molar-refractivity contribution in [2.75, 3.05) is 25.4 Å². The van der Waals surface area contributed by atoms with Crippen LogP contribution in [0.5, 0.6) is 5.75 Å². The van der Waals surface area contributed by atoms with E-state index in [1.54, 1.807) is 18.2 Å². The van der Waals surface area contributed by atoms with Crippen molar-refractivity contribution in [1.82, 2.24) is 15.1 Å². The monoisotopic (exact) mass is 382 g/mol. The number of carbonyl (C=O) groups excluding carboxylic acids is 1. The Balaban J connectivity index is 1.74. The van der Waals surface area contributed by atoms with Gasteiger partial charge in [-0.1, -0.05) is 18.2 Å². The molecule has 0 fully saturated rings. The van der Waals surface area contributed by atoms with Crippen molar-refractivity contribution >= 4 is 17.4 Å². The maximum absolute atomic E-state index is 12.0. The number of nitrogen functional groups attached to an aromatic ring is 1. The molecule has 0 amide bonds. The van der Waals surface area contributed by atoms with Gasteiger partial charge in [-0.25, -0.2) is 0 Å². The number of esters is 1. The number of aromatic nitrogens is 2. The van der Waals surface area contributed by atoms with Gasteiger partial charge < -0.3 is 15.6 Å². The Hall–Kier alpha value is -2.93. The van der Waals surface area contributed by atoms with Crippen LogP contribution >= 0.6 is 0 Å². The molecule has 0 unspecified atom stereocenters. The summed E-state index contributed by atoms with van der Waals surface area (Å²) in [7, 11) is 0. The third-order valence-corrected chi connectivity index (χ3v) is 4.41. The van der Waals surface area contributed by atoms with Gasteiger partial charge in [0.15, 0.2) is 5.82 Å². The molecule has 0 atom stereocenters. The molecule has 0 aliphatic carbocycles. The topological polar surface area (TPSA) is 102 Å². The molecule has 1 aromatic carbocycles. The van der Waals surface area contributed by atoms with Crippen molar-refractivity contribution in [3.8, 4) is 17.0 Å². The number of hydrogen-bond acceptors (Lipinski definition) is 7. The van der Waals surface area contributed by atoms with Gasteiger partial charge in [0, 0.05) is 24.2 Å². The van der Waals surface area contributed by atoms with Crippen LogP contribution in [-0.2, 0) is 9.53 Å². The number of nitrogens with two attached hydrogens (primary N) is 1. The largest absolute Gasteiger partial charge is 0.507 e. The third kappa shape index (κ3) is 4.86. The molecule has 3 rings (SSSR count). The van der Waals surface area contributed by atoms with Gasteiger partial charge in [-0.3, -0.25) is 9.69 Å². The van der Waals surface area contributed by atoms with Gasteiger partial charge in [0.2, 0.25) is 0 Å². The molecule has 1 aromatic heterocycles. The molecule has 7 nitrogen and oxygen atoms in total. The number of anilines is 1. The van der Waals surface area contributed by atoms with Crippen molar-refractivity contribution in [3.05, 3.63) is 42.0 Å². The fraction of sp³-hybridized carbons (Fsp3) is 0.381. The van der Waals surface area contributed by atoms with Crippen LogP contribution in [0.2, 0.25) is 0 Å². The quantitative estimate of drug-likeness (QED) is 0.784. The average molecular weight is 382 g/mol. The van der Waals surface area contributed by atoms with Crippen LogP contribution < -0.4 is 5.73 Å². The van der Waals surface area contributed by atoms with Gasteiger partial charge in [-0.05, 0) is 51.0 Å². The Labute approximate surface area is 164 Å². The van der Waals surface area contributed by atoms with Gasteiger partial charge in [0.1, 0.15) is 11.4 Å². The Morgan fingerprint density at radius 3 is 2.64 bits per heavy atom. The lowest BCUT2D eigenvalue weighted by Crippen LogP contribution is -2.37. The Morgan fingerprint density at radius 2 is 2.00 bits per heavy atom. The highest BCUT2D eigenvalue weighted by molar-refractivity contribution is 5.78. The molecule has 0 saturated heterocycles. The standard InChI is InChI=1S/C21H26N4O3/c1-21(2,3)28-19(27)13-25-10-8-14(9-11-25)16-12-17(23-24-20(16)22)15-6-4-5-7-18(15)26/h4-8,12,26H,9-11,13H2,1-3H3,(H2,22,24). The smallest absolute Gasteiger partial charge is 0.320 e.